The number of rotatable bonds is 2. The van der Waals surface area contributed by atoms with E-state index in [0.717, 1.165) is 40.4 Å². The number of nitrogens with zero attached hydrogens (tertiary/aromatic N) is 1. The maximum absolute atomic E-state index is 12.3. The fourth-order valence-corrected chi connectivity index (χ4v) is 3.18. The summed E-state index contributed by atoms with van der Waals surface area (Å²) in [5, 5.41) is 0.982. The van der Waals surface area contributed by atoms with E-state index in [4.69, 9.17) is 0 Å². The van der Waals surface area contributed by atoms with E-state index in [2.05, 4.69) is 31.9 Å². The van der Waals surface area contributed by atoms with Gasteiger partial charge in [-0.2, -0.15) is 0 Å². The highest BCUT2D eigenvalue weighted by molar-refractivity contribution is 9.10. The minimum Gasteiger partial charge on any atom is -0.338 e. The quantitative estimate of drug-likeness (QED) is 0.737. The van der Waals surface area contributed by atoms with Crippen LogP contribution >= 0.6 is 31.9 Å². The molecule has 0 N–H and O–H groups in total. The monoisotopic (exact) mass is 359 g/mol. The van der Waals surface area contributed by atoms with Crippen LogP contribution in [0.3, 0.4) is 0 Å². The van der Waals surface area contributed by atoms with Crippen molar-refractivity contribution in [2.75, 3.05) is 18.4 Å². The van der Waals surface area contributed by atoms with Crippen molar-refractivity contribution in [1.29, 1.82) is 0 Å². The Morgan fingerprint density at radius 1 is 1.53 bits per heavy atom. The number of halogens is 2. The first-order valence-corrected chi connectivity index (χ1v) is 7.64. The predicted molar refractivity (Wildman–Crippen MR) is 76.7 cm³/mol. The van der Waals surface area contributed by atoms with Crippen LogP contribution in [0, 0.1) is 12.8 Å². The SMILES string of the molecule is Cc1cc(Br)ccc1C(=O)N1CCC(CBr)C1. The molecule has 0 saturated carbocycles. The molecule has 0 aromatic heterocycles. The highest BCUT2D eigenvalue weighted by Gasteiger charge is 2.26. The second-order valence-electron chi connectivity index (χ2n) is 4.52. The molecule has 1 aromatic carbocycles. The predicted octanol–water partition coefficient (Wildman–Crippen LogP) is 3.61. The van der Waals surface area contributed by atoms with Crippen LogP contribution in [0.1, 0.15) is 22.3 Å². The van der Waals surface area contributed by atoms with Crippen molar-refractivity contribution >= 4 is 37.8 Å². The summed E-state index contributed by atoms with van der Waals surface area (Å²) in [6.45, 7) is 3.74. The topological polar surface area (TPSA) is 20.3 Å². The molecule has 1 heterocycles. The van der Waals surface area contributed by atoms with Crippen molar-refractivity contribution < 1.29 is 4.79 Å². The lowest BCUT2D eigenvalue weighted by atomic mass is 10.1. The lowest BCUT2D eigenvalue weighted by Gasteiger charge is -2.17. The molecule has 0 aliphatic carbocycles. The number of hydrogen-bond donors (Lipinski definition) is 0. The third kappa shape index (κ3) is 2.91. The van der Waals surface area contributed by atoms with Gasteiger partial charge in [0.1, 0.15) is 0 Å². The van der Waals surface area contributed by atoms with Crippen molar-refractivity contribution in [3.63, 3.8) is 0 Å². The van der Waals surface area contributed by atoms with Crippen LogP contribution in [0.25, 0.3) is 0 Å². The number of aryl methyl sites for hydroxylation is 1. The van der Waals surface area contributed by atoms with Gasteiger partial charge in [0, 0.05) is 28.5 Å². The van der Waals surface area contributed by atoms with Crippen molar-refractivity contribution in [3.05, 3.63) is 33.8 Å². The molecule has 1 fully saturated rings. The molecule has 1 atom stereocenters. The lowest BCUT2D eigenvalue weighted by molar-refractivity contribution is 0.0787. The van der Waals surface area contributed by atoms with Gasteiger partial charge in [-0.25, -0.2) is 0 Å². The summed E-state index contributed by atoms with van der Waals surface area (Å²) in [5.41, 5.74) is 1.86. The number of likely N-dealkylation sites (tertiary alicyclic amines) is 1. The summed E-state index contributed by atoms with van der Waals surface area (Å²) in [6.07, 6.45) is 1.10. The first kappa shape index (κ1) is 13.1. The number of hydrogen-bond acceptors (Lipinski definition) is 1. The summed E-state index contributed by atoms with van der Waals surface area (Å²) in [6, 6.07) is 5.83. The van der Waals surface area contributed by atoms with Crippen molar-refractivity contribution in [2.45, 2.75) is 13.3 Å². The molecule has 1 aliphatic rings. The summed E-state index contributed by atoms with van der Waals surface area (Å²) >= 11 is 6.91. The molecule has 2 rings (SSSR count). The fourth-order valence-electron chi connectivity index (χ4n) is 2.18. The Labute approximate surface area is 119 Å². The van der Waals surface area contributed by atoms with Gasteiger partial charge in [0.05, 0.1) is 0 Å². The number of amides is 1. The number of carbonyl (C=O) groups is 1. The van der Waals surface area contributed by atoms with Gasteiger partial charge in [0.25, 0.3) is 5.91 Å². The normalized spacial score (nSPS) is 19.7. The van der Waals surface area contributed by atoms with E-state index in [-0.39, 0.29) is 5.91 Å². The average Bonchev–Trinajstić information content (AvgIpc) is 2.76. The van der Waals surface area contributed by atoms with Gasteiger partial charge in [-0.1, -0.05) is 31.9 Å². The highest BCUT2D eigenvalue weighted by atomic mass is 79.9. The molecule has 0 spiro atoms. The van der Waals surface area contributed by atoms with E-state index in [1.807, 2.05) is 30.0 Å². The molecule has 1 saturated heterocycles. The second kappa shape index (κ2) is 5.53. The summed E-state index contributed by atoms with van der Waals surface area (Å²) in [4.78, 5) is 14.3. The van der Waals surface area contributed by atoms with Gasteiger partial charge in [-0.05, 0) is 43.0 Å². The molecule has 92 valence electrons. The lowest BCUT2D eigenvalue weighted by Crippen LogP contribution is -2.29. The number of benzene rings is 1. The molecule has 0 radical (unpaired) electrons. The molecule has 2 nitrogen and oxygen atoms in total. The first-order valence-electron chi connectivity index (χ1n) is 5.73. The minimum atomic E-state index is 0.165. The van der Waals surface area contributed by atoms with Crippen LogP contribution in [0.2, 0.25) is 0 Å². The van der Waals surface area contributed by atoms with Gasteiger partial charge in [0.15, 0.2) is 0 Å². The Morgan fingerprint density at radius 3 is 2.88 bits per heavy atom. The second-order valence-corrected chi connectivity index (χ2v) is 6.08. The van der Waals surface area contributed by atoms with E-state index >= 15 is 0 Å². The molecule has 1 aromatic rings. The molecule has 1 unspecified atom stereocenters. The van der Waals surface area contributed by atoms with Crippen LogP contribution in [-0.2, 0) is 0 Å². The molecule has 1 aliphatic heterocycles. The third-order valence-electron chi connectivity index (χ3n) is 3.21. The zero-order valence-corrected chi connectivity index (χ0v) is 12.9. The van der Waals surface area contributed by atoms with Crippen molar-refractivity contribution in [3.8, 4) is 0 Å². The summed E-state index contributed by atoms with van der Waals surface area (Å²) < 4.78 is 1.02. The Bertz CT molecular complexity index is 433. The Balaban J connectivity index is 2.15. The fraction of sp³-hybridized carbons (Fsp3) is 0.462. The smallest absolute Gasteiger partial charge is 0.254 e. The molecule has 4 heteroatoms. The number of carbonyl (C=O) groups excluding carboxylic acids is 1. The van der Waals surface area contributed by atoms with Crippen LogP contribution < -0.4 is 0 Å². The van der Waals surface area contributed by atoms with E-state index in [0.29, 0.717) is 5.92 Å². The summed E-state index contributed by atoms with van der Waals surface area (Å²) in [7, 11) is 0. The zero-order chi connectivity index (χ0) is 12.4. The van der Waals surface area contributed by atoms with Crippen LogP contribution in [-0.4, -0.2) is 29.2 Å². The minimum absolute atomic E-state index is 0.165. The Kier molecular flexibility index (Phi) is 4.26. The van der Waals surface area contributed by atoms with Gasteiger partial charge in [0.2, 0.25) is 0 Å². The maximum atomic E-state index is 12.3. The van der Waals surface area contributed by atoms with Gasteiger partial charge in [-0.3, -0.25) is 4.79 Å². The molecular weight excluding hydrogens is 346 g/mol. The maximum Gasteiger partial charge on any atom is 0.254 e. The van der Waals surface area contributed by atoms with E-state index in [1.54, 1.807) is 0 Å². The van der Waals surface area contributed by atoms with Gasteiger partial charge < -0.3 is 4.90 Å². The van der Waals surface area contributed by atoms with E-state index < -0.39 is 0 Å². The van der Waals surface area contributed by atoms with E-state index in [1.165, 1.54) is 0 Å². The van der Waals surface area contributed by atoms with Gasteiger partial charge >= 0.3 is 0 Å². The molecule has 1 amide bonds. The van der Waals surface area contributed by atoms with Crippen molar-refractivity contribution in [2.24, 2.45) is 5.92 Å². The standard InChI is InChI=1S/C13H15Br2NO/c1-9-6-11(15)2-3-12(9)13(17)16-5-4-10(7-14)8-16/h2-3,6,10H,4-5,7-8H2,1H3. The van der Waals surface area contributed by atoms with Crippen LogP contribution in [0.5, 0.6) is 0 Å². The van der Waals surface area contributed by atoms with Crippen molar-refractivity contribution in [1.82, 2.24) is 4.90 Å². The van der Waals surface area contributed by atoms with Crippen LogP contribution in [0.4, 0.5) is 0 Å². The third-order valence-corrected chi connectivity index (χ3v) is 4.62. The average molecular weight is 361 g/mol. The highest BCUT2D eigenvalue weighted by Crippen LogP contribution is 2.23. The largest absolute Gasteiger partial charge is 0.338 e. The Hall–Kier alpha value is -0.350. The Morgan fingerprint density at radius 2 is 2.29 bits per heavy atom. The molecule has 17 heavy (non-hydrogen) atoms. The molecule has 0 bridgehead atoms. The first-order chi connectivity index (χ1) is 8.11. The number of alkyl halides is 1. The zero-order valence-electron chi connectivity index (χ0n) is 9.75. The van der Waals surface area contributed by atoms with Crippen LogP contribution in [0.15, 0.2) is 22.7 Å². The van der Waals surface area contributed by atoms with Gasteiger partial charge in [-0.15, -0.1) is 0 Å². The van der Waals surface area contributed by atoms with E-state index in [9.17, 15) is 4.79 Å². The summed E-state index contributed by atoms with van der Waals surface area (Å²) in [5.74, 6) is 0.771. The molecular formula is C13H15Br2NO.